The first-order valence-corrected chi connectivity index (χ1v) is 8.58. The number of nitrogens with one attached hydrogen (secondary N) is 1. The van der Waals surface area contributed by atoms with E-state index in [1.54, 1.807) is 48.5 Å². The highest BCUT2D eigenvalue weighted by molar-refractivity contribution is 7.91. The van der Waals surface area contributed by atoms with Crippen LogP contribution in [0.2, 0.25) is 0 Å². The van der Waals surface area contributed by atoms with Crippen molar-refractivity contribution in [1.29, 1.82) is 0 Å². The molecule has 0 fully saturated rings. The lowest BCUT2D eigenvalue weighted by Crippen LogP contribution is -2.02. The third-order valence-corrected chi connectivity index (χ3v) is 5.30. The molecule has 1 heterocycles. The van der Waals surface area contributed by atoms with Gasteiger partial charge in [-0.05, 0) is 24.9 Å². The highest BCUT2D eigenvalue weighted by atomic mass is 32.2. The quantitative estimate of drug-likeness (QED) is 0.558. The minimum absolute atomic E-state index is 0.242. The Morgan fingerprint density at radius 2 is 1.87 bits per heavy atom. The van der Waals surface area contributed by atoms with Crippen LogP contribution < -0.4 is 4.74 Å². The number of benzene rings is 2. The normalized spacial score (nSPS) is 11.5. The second-order valence-electron chi connectivity index (χ2n) is 4.94. The Morgan fingerprint density at radius 1 is 1.09 bits per heavy atom. The van der Waals surface area contributed by atoms with E-state index in [2.05, 4.69) is 16.7 Å². The van der Waals surface area contributed by atoms with E-state index in [-0.39, 0.29) is 9.79 Å². The summed E-state index contributed by atoms with van der Waals surface area (Å²) < 4.78 is 31.2. The standard InChI is InChI=1S/C17H16N2O3S/c1-18-10-11-22-15-9-5-8-14-16(12-19-17(14)15)23(20,21)13-6-3-2-4-7-13/h2-9,12,19H,1,10-11H2. The van der Waals surface area contributed by atoms with Crippen LogP contribution in [0.25, 0.3) is 10.9 Å². The minimum Gasteiger partial charge on any atom is -0.489 e. The van der Waals surface area contributed by atoms with E-state index in [0.717, 1.165) is 0 Å². The first kappa shape index (κ1) is 15.3. The smallest absolute Gasteiger partial charge is 0.208 e. The van der Waals surface area contributed by atoms with Crippen molar-refractivity contribution in [1.82, 2.24) is 4.98 Å². The molecule has 3 rings (SSSR count). The molecule has 118 valence electrons. The van der Waals surface area contributed by atoms with E-state index in [1.165, 1.54) is 6.20 Å². The van der Waals surface area contributed by atoms with E-state index in [4.69, 9.17) is 4.74 Å². The second kappa shape index (κ2) is 6.26. The number of aliphatic imine (C=N–C) groups is 1. The summed E-state index contributed by atoms with van der Waals surface area (Å²) >= 11 is 0. The maximum atomic E-state index is 12.8. The lowest BCUT2D eigenvalue weighted by molar-refractivity contribution is 0.332. The Morgan fingerprint density at radius 3 is 2.61 bits per heavy atom. The Bertz CT molecular complexity index is 931. The number of hydrogen-bond acceptors (Lipinski definition) is 4. The van der Waals surface area contributed by atoms with E-state index in [1.807, 2.05) is 0 Å². The number of nitrogens with zero attached hydrogens (tertiary/aromatic N) is 1. The van der Waals surface area contributed by atoms with Crippen LogP contribution in [0.15, 0.2) is 69.5 Å². The van der Waals surface area contributed by atoms with Gasteiger partial charge in [0.05, 0.1) is 21.9 Å². The third-order valence-electron chi connectivity index (χ3n) is 3.49. The van der Waals surface area contributed by atoms with E-state index < -0.39 is 9.84 Å². The van der Waals surface area contributed by atoms with E-state index in [9.17, 15) is 8.42 Å². The fraction of sp³-hybridized carbons (Fsp3) is 0.118. The van der Waals surface area contributed by atoms with Gasteiger partial charge in [-0.1, -0.05) is 30.3 Å². The number of fused-ring (bicyclic) bond motifs is 1. The molecule has 23 heavy (non-hydrogen) atoms. The number of rotatable bonds is 6. The molecule has 1 aromatic heterocycles. The molecule has 6 heteroatoms. The highest BCUT2D eigenvalue weighted by Crippen LogP contribution is 2.32. The molecule has 0 bridgehead atoms. The number of aromatic amines is 1. The molecule has 0 aliphatic carbocycles. The maximum absolute atomic E-state index is 12.8. The van der Waals surface area contributed by atoms with Crippen molar-refractivity contribution in [2.45, 2.75) is 9.79 Å². The zero-order chi connectivity index (χ0) is 16.3. The molecule has 0 radical (unpaired) electrons. The van der Waals surface area contributed by atoms with Gasteiger partial charge in [0.25, 0.3) is 0 Å². The second-order valence-corrected chi connectivity index (χ2v) is 6.86. The summed E-state index contributed by atoms with van der Waals surface area (Å²) in [6.07, 6.45) is 1.51. The molecule has 0 amide bonds. The number of ether oxygens (including phenoxy) is 1. The van der Waals surface area contributed by atoms with Crippen LogP contribution in [0.1, 0.15) is 0 Å². The van der Waals surface area contributed by atoms with Gasteiger partial charge in [0, 0.05) is 11.6 Å². The van der Waals surface area contributed by atoms with Gasteiger partial charge in [0.2, 0.25) is 9.84 Å². The lowest BCUT2D eigenvalue weighted by atomic mass is 10.2. The van der Waals surface area contributed by atoms with E-state index >= 15 is 0 Å². The fourth-order valence-electron chi connectivity index (χ4n) is 2.39. The average Bonchev–Trinajstić information content (AvgIpc) is 3.01. The van der Waals surface area contributed by atoms with Crippen LogP contribution in [-0.4, -0.2) is 33.3 Å². The molecule has 0 aliphatic rings. The van der Waals surface area contributed by atoms with Crippen molar-refractivity contribution < 1.29 is 13.2 Å². The summed E-state index contributed by atoms with van der Waals surface area (Å²) in [7, 11) is -3.58. The molecule has 2 aromatic carbocycles. The zero-order valence-electron chi connectivity index (χ0n) is 12.4. The molecular weight excluding hydrogens is 312 g/mol. The molecule has 0 unspecified atom stereocenters. The number of hydrogen-bond donors (Lipinski definition) is 1. The Kier molecular flexibility index (Phi) is 4.16. The molecule has 0 aliphatic heterocycles. The van der Waals surface area contributed by atoms with Gasteiger partial charge in [-0.3, -0.25) is 4.99 Å². The van der Waals surface area contributed by atoms with Crippen LogP contribution in [0, 0.1) is 0 Å². The summed E-state index contributed by atoms with van der Waals surface area (Å²) in [5, 5.41) is 0.609. The average molecular weight is 328 g/mol. The lowest BCUT2D eigenvalue weighted by Gasteiger charge is -2.06. The highest BCUT2D eigenvalue weighted by Gasteiger charge is 2.22. The minimum atomic E-state index is -3.58. The maximum Gasteiger partial charge on any atom is 0.208 e. The number of sulfone groups is 1. The predicted octanol–water partition coefficient (Wildman–Crippen LogP) is 3.08. The van der Waals surface area contributed by atoms with Crippen LogP contribution in [0.5, 0.6) is 5.75 Å². The summed E-state index contributed by atoms with van der Waals surface area (Å²) in [6.45, 7) is 4.28. The van der Waals surface area contributed by atoms with Gasteiger partial charge in [-0.15, -0.1) is 0 Å². The Hall–Kier alpha value is -2.60. The van der Waals surface area contributed by atoms with Crippen LogP contribution in [-0.2, 0) is 9.84 Å². The van der Waals surface area contributed by atoms with Crippen molar-refractivity contribution in [3.63, 3.8) is 0 Å². The Balaban J connectivity index is 2.07. The van der Waals surface area contributed by atoms with E-state index in [0.29, 0.717) is 29.8 Å². The van der Waals surface area contributed by atoms with Crippen molar-refractivity contribution in [2.75, 3.05) is 13.2 Å². The van der Waals surface area contributed by atoms with Gasteiger partial charge < -0.3 is 9.72 Å². The van der Waals surface area contributed by atoms with Crippen LogP contribution >= 0.6 is 0 Å². The summed E-state index contributed by atoms with van der Waals surface area (Å²) in [5.41, 5.74) is 0.658. The van der Waals surface area contributed by atoms with Gasteiger partial charge in [-0.2, -0.15) is 0 Å². The first-order valence-electron chi connectivity index (χ1n) is 7.10. The van der Waals surface area contributed by atoms with Crippen molar-refractivity contribution >= 4 is 27.5 Å². The van der Waals surface area contributed by atoms with Crippen LogP contribution in [0.4, 0.5) is 0 Å². The third kappa shape index (κ3) is 2.85. The number of H-pyrrole nitrogens is 1. The van der Waals surface area contributed by atoms with Crippen molar-refractivity contribution in [3.05, 3.63) is 54.7 Å². The predicted molar refractivity (Wildman–Crippen MR) is 90.1 cm³/mol. The zero-order valence-corrected chi connectivity index (χ0v) is 13.2. The largest absolute Gasteiger partial charge is 0.489 e. The first-order chi connectivity index (χ1) is 11.1. The van der Waals surface area contributed by atoms with Crippen LogP contribution in [0.3, 0.4) is 0 Å². The van der Waals surface area contributed by atoms with Crippen molar-refractivity contribution in [2.24, 2.45) is 4.99 Å². The topological polar surface area (TPSA) is 71.5 Å². The summed E-state index contributed by atoms with van der Waals surface area (Å²) in [6, 6.07) is 13.7. The molecule has 0 spiro atoms. The van der Waals surface area contributed by atoms with Gasteiger partial charge in [-0.25, -0.2) is 8.42 Å². The van der Waals surface area contributed by atoms with Gasteiger partial charge in [0.1, 0.15) is 12.4 Å². The summed E-state index contributed by atoms with van der Waals surface area (Å²) in [4.78, 5) is 7.25. The monoisotopic (exact) mass is 328 g/mol. The molecule has 0 saturated carbocycles. The molecule has 1 N–H and O–H groups in total. The fourth-order valence-corrected chi connectivity index (χ4v) is 3.83. The number of aromatic nitrogens is 1. The Labute approximate surface area is 134 Å². The molecule has 5 nitrogen and oxygen atoms in total. The molecular formula is C17H16N2O3S. The molecule has 3 aromatic rings. The SMILES string of the molecule is C=NCCOc1cccc2c(S(=O)(=O)c3ccccc3)c[nH]c12. The number of para-hydroxylation sites is 1. The van der Waals surface area contributed by atoms with Gasteiger partial charge in [0.15, 0.2) is 0 Å². The van der Waals surface area contributed by atoms with Gasteiger partial charge >= 0.3 is 0 Å². The summed E-state index contributed by atoms with van der Waals surface area (Å²) in [5.74, 6) is 0.598. The van der Waals surface area contributed by atoms with Crippen molar-refractivity contribution in [3.8, 4) is 5.75 Å². The molecule has 0 atom stereocenters. The molecule has 0 saturated heterocycles.